The summed E-state index contributed by atoms with van der Waals surface area (Å²) in [4.78, 5) is 14.4. The highest BCUT2D eigenvalue weighted by Crippen LogP contribution is 2.50. The SMILES string of the molecule is CCNC(=O)c1ccc(C#CC(O)c2cc(N(C)Cc3ccc(C)cc3)c3c(c2)C(C)(C)CCC3(C)C)cc1. The minimum Gasteiger partial charge on any atom is -0.376 e. The van der Waals surface area contributed by atoms with Gasteiger partial charge in [0.25, 0.3) is 5.91 Å². The van der Waals surface area contributed by atoms with Gasteiger partial charge in [-0.15, -0.1) is 0 Å². The third-order valence-corrected chi connectivity index (χ3v) is 8.03. The minimum atomic E-state index is -0.925. The highest BCUT2D eigenvalue weighted by molar-refractivity contribution is 5.94. The van der Waals surface area contributed by atoms with Crippen LogP contribution in [0.5, 0.6) is 0 Å². The normalized spacial score (nSPS) is 15.9. The summed E-state index contributed by atoms with van der Waals surface area (Å²) < 4.78 is 0. The van der Waals surface area contributed by atoms with E-state index in [4.69, 9.17) is 0 Å². The average molecular weight is 523 g/mol. The van der Waals surface area contributed by atoms with Crippen molar-refractivity contribution < 1.29 is 9.90 Å². The molecule has 3 aromatic carbocycles. The molecule has 0 spiro atoms. The molecule has 1 unspecified atom stereocenters. The fraction of sp³-hybridized carbons (Fsp3) is 0.400. The van der Waals surface area contributed by atoms with Crippen molar-refractivity contribution in [3.63, 3.8) is 0 Å². The lowest BCUT2D eigenvalue weighted by Gasteiger charge is -2.44. The maximum Gasteiger partial charge on any atom is 0.251 e. The van der Waals surface area contributed by atoms with E-state index in [0.717, 1.165) is 36.2 Å². The molecule has 0 saturated heterocycles. The van der Waals surface area contributed by atoms with Gasteiger partial charge in [0.05, 0.1) is 0 Å². The first kappa shape index (κ1) is 28.5. The number of fused-ring (bicyclic) bond motifs is 1. The van der Waals surface area contributed by atoms with Crippen molar-refractivity contribution in [3.8, 4) is 11.8 Å². The molecule has 0 heterocycles. The van der Waals surface area contributed by atoms with Crippen LogP contribution < -0.4 is 10.2 Å². The zero-order valence-electron chi connectivity index (χ0n) is 24.5. The standard InChI is InChI=1S/C35H42N2O2/c1-8-36-33(39)27-16-13-25(14-17-27)15-18-31(38)28-21-29-32(35(5,6)20-19-34(29,3)4)30(22-28)37(7)23-26-11-9-24(2)10-12-26/h9-14,16-17,21-22,31,38H,8,19-20,23H2,1-7H3,(H,36,39). The number of anilines is 1. The second-order valence-electron chi connectivity index (χ2n) is 12.2. The molecule has 1 aliphatic rings. The van der Waals surface area contributed by atoms with E-state index in [-0.39, 0.29) is 16.7 Å². The molecule has 0 aromatic heterocycles. The van der Waals surface area contributed by atoms with Gasteiger partial charge < -0.3 is 15.3 Å². The number of nitrogens with zero attached hydrogens (tertiary/aromatic N) is 1. The molecule has 0 bridgehead atoms. The van der Waals surface area contributed by atoms with Crippen molar-refractivity contribution in [2.24, 2.45) is 0 Å². The van der Waals surface area contributed by atoms with Gasteiger partial charge in [-0.1, -0.05) is 75.4 Å². The summed E-state index contributed by atoms with van der Waals surface area (Å²) in [6, 6.07) is 20.2. The molecule has 1 atom stereocenters. The van der Waals surface area contributed by atoms with Gasteiger partial charge in [-0.25, -0.2) is 0 Å². The van der Waals surface area contributed by atoms with Crippen molar-refractivity contribution in [1.82, 2.24) is 5.32 Å². The van der Waals surface area contributed by atoms with E-state index in [9.17, 15) is 9.90 Å². The van der Waals surface area contributed by atoms with E-state index < -0.39 is 6.10 Å². The smallest absolute Gasteiger partial charge is 0.251 e. The van der Waals surface area contributed by atoms with E-state index in [2.05, 4.69) is 100 Å². The van der Waals surface area contributed by atoms with Crippen LogP contribution >= 0.6 is 0 Å². The van der Waals surface area contributed by atoms with E-state index in [0.29, 0.717) is 12.1 Å². The number of nitrogens with one attached hydrogen (secondary N) is 1. The van der Waals surface area contributed by atoms with Crippen molar-refractivity contribution in [2.75, 3.05) is 18.5 Å². The molecule has 4 heteroatoms. The number of carbonyl (C=O) groups is 1. The third kappa shape index (κ3) is 6.37. The second-order valence-corrected chi connectivity index (χ2v) is 12.2. The predicted molar refractivity (Wildman–Crippen MR) is 161 cm³/mol. The molecule has 2 N–H and O–H groups in total. The van der Waals surface area contributed by atoms with Crippen molar-refractivity contribution in [1.29, 1.82) is 0 Å². The summed E-state index contributed by atoms with van der Waals surface area (Å²) in [7, 11) is 2.14. The molecule has 39 heavy (non-hydrogen) atoms. The monoisotopic (exact) mass is 522 g/mol. The Hall–Kier alpha value is -3.55. The van der Waals surface area contributed by atoms with Crippen LogP contribution in [-0.4, -0.2) is 24.6 Å². The van der Waals surface area contributed by atoms with Crippen LogP contribution in [0.4, 0.5) is 5.69 Å². The summed E-state index contributed by atoms with van der Waals surface area (Å²) >= 11 is 0. The fourth-order valence-electron chi connectivity index (χ4n) is 5.49. The van der Waals surface area contributed by atoms with Crippen LogP contribution in [0.3, 0.4) is 0 Å². The summed E-state index contributed by atoms with van der Waals surface area (Å²) in [5.74, 6) is 6.06. The molecule has 0 saturated carbocycles. The van der Waals surface area contributed by atoms with Crippen LogP contribution in [0, 0.1) is 18.8 Å². The minimum absolute atomic E-state index is 0.00234. The largest absolute Gasteiger partial charge is 0.376 e. The number of amides is 1. The van der Waals surface area contributed by atoms with E-state index in [1.807, 2.05) is 19.1 Å². The molecular formula is C35H42N2O2. The van der Waals surface area contributed by atoms with E-state index >= 15 is 0 Å². The molecule has 0 radical (unpaired) electrons. The van der Waals surface area contributed by atoms with Crippen LogP contribution in [0.1, 0.15) is 97.3 Å². The van der Waals surface area contributed by atoms with Gasteiger partial charge in [-0.3, -0.25) is 4.79 Å². The van der Waals surface area contributed by atoms with Gasteiger partial charge in [0.15, 0.2) is 0 Å². The summed E-state index contributed by atoms with van der Waals surface area (Å²) in [6.07, 6.45) is 1.29. The number of aryl methyl sites for hydroxylation is 1. The lowest BCUT2D eigenvalue weighted by atomic mass is 9.62. The Morgan fingerprint density at radius 2 is 1.64 bits per heavy atom. The average Bonchev–Trinajstić information content (AvgIpc) is 2.91. The highest BCUT2D eigenvalue weighted by atomic mass is 16.3. The third-order valence-electron chi connectivity index (χ3n) is 8.03. The van der Waals surface area contributed by atoms with Crippen LogP contribution in [0.2, 0.25) is 0 Å². The predicted octanol–water partition coefficient (Wildman–Crippen LogP) is 6.82. The highest BCUT2D eigenvalue weighted by Gasteiger charge is 2.40. The Kier molecular flexibility index (Phi) is 8.23. The first-order valence-electron chi connectivity index (χ1n) is 13.9. The Morgan fingerprint density at radius 1 is 1.00 bits per heavy atom. The number of carbonyl (C=O) groups excluding carboxylic acids is 1. The topological polar surface area (TPSA) is 52.6 Å². The van der Waals surface area contributed by atoms with Gasteiger partial charge >= 0.3 is 0 Å². The van der Waals surface area contributed by atoms with Gasteiger partial charge in [-0.05, 0) is 90.1 Å². The zero-order valence-corrected chi connectivity index (χ0v) is 24.5. The van der Waals surface area contributed by atoms with Gasteiger partial charge in [0.2, 0.25) is 0 Å². The lowest BCUT2D eigenvalue weighted by molar-refractivity contribution is 0.0956. The van der Waals surface area contributed by atoms with Crippen molar-refractivity contribution in [3.05, 3.63) is 99.6 Å². The second kappa shape index (κ2) is 11.3. The lowest BCUT2D eigenvalue weighted by Crippen LogP contribution is -2.36. The number of aliphatic hydroxyl groups excluding tert-OH is 1. The quantitative estimate of drug-likeness (QED) is 0.350. The van der Waals surface area contributed by atoms with Crippen LogP contribution in [0.15, 0.2) is 60.7 Å². The fourth-order valence-corrected chi connectivity index (χ4v) is 5.49. The number of aliphatic hydroxyl groups is 1. The Balaban J connectivity index is 1.71. The molecule has 0 aliphatic heterocycles. The van der Waals surface area contributed by atoms with Gasteiger partial charge in [0, 0.05) is 37.0 Å². The molecule has 4 rings (SSSR count). The Morgan fingerprint density at radius 3 is 2.28 bits per heavy atom. The molecule has 3 aromatic rings. The Labute approximate surface area is 234 Å². The maximum atomic E-state index is 12.0. The maximum absolute atomic E-state index is 12.0. The first-order chi connectivity index (χ1) is 18.4. The van der Waals surface area contributed by atoms with Crippen molar-refractivity contribution in [2.45, 2.75) is 77.9 Å². The number of benzene rings is 3. The molecule has 1 amide bonds. The van der Waals surface area contributed by atoms with Crippen LogP contribution in [-0.2, 0) is 17.4 Å². The molecule has 204 valence electrons. The van der Waals surface area contributed by atoms with E-state index in [1.165, 1.54) is 22.3 Å². The van der Waals surface area contributed by atoms with Gasteiger partial charge in [0.1, 0.15) is 6.10 Å². The van der Waals surface area contributed by atoms with Crippen molar-refractivity contribution >= 4 is 11.6 Å². The van der Waals surface area contributed by atoms with E-state index in [1.54, 1.807) is 12.1 Å². The molecule has 4 nitrogen and oxygen atoms in total. The molecule has 0 fully saturated rings. The van der Waals surface area contributed by atoms with Crippen LogP contribution in [0.25, 0.3) is 0 Å². The summed E-state index contributed by atoms with van der Waals surface area (Å²) in [6.45, 7) is 14.7. The summed E-state index contributed by atoms with van der Waals surface area (Å²) in [5, 5.41) is 14.1. The van der Waals surface area contributed by atoms with Gasteiger partial charge in [-0.2, -0.15) is 0 Å². The molecule has 1 aliphatic carbocycles. The number of hydrogen-bond donors (Lipinski definition) is 2. The zero-order chi connectivity index (χ0) is 28.4. The molecular weight excluding hydrogens is 480 g/mol. The number of rotatable bonds is 6. The Bertz CT molecular complexity index is 1390. The summed E-state index contributed by atoms with van der Waals surface area (Å²) in [5.41, 5.74) is 8.56. The number of hydrogen-bond acceptors (Lipinski definition) is 3. The first-order valence-corrected chi connectivity index (χ1v) is 13.9.